The largest absolute Gasteiger partial charge is 0.460 e. The summed E-state index contributed by atoms with van der Waals surface area (Å²) in [4.78, 5) is 22.2. The van der Waals surface area contributed by atoms with E-state index in [0.29, 0.717) is 6.54 Å². The third-order valence-corrected chi connectivity index (χ3v) is 5.40. The minimum Gasteiger partial charge on any atom is -0.460 e. The van der Waals surface area contributed by atoms with E-state index in [2.05, 4.69) is 16.8 Å². The molecule has 3 aromatic rings. The van der Waals surface area contributed by atoms with Gasteiger partial charge in [0.1, 0.15) is 17.2 Å². The number of aromatic nitrogens is 1. The van der Waals surface area contributed by atoms with Crippen LogP contribution < -0.4 is 4.90 Å². The summed E-state index contributed by atoms with van der Waals surface area (Å²) < 4.78 is 6.07. The second-order valence-corrected chi connectivity index (χ2v) is 7.32. The molecule has 0 N–H and O–H groups in total. The maximum atomic E-state index is 13.5. The summed E-state index contributed by atoms with van der Waals surface area (Å²) in [6.45, 7) is 5.32. The zero-order valence-corrected chi connectivity index (χ0v) is 16.4. The van der Waals surface area contributed by atoms with Gasteiger partial charge in [0.05, 0.1) is 5.56 Å². The van der Waals surface area contributed by atoms with E-state index in [-0.39, 0.29) is 5.91 Å². The van der Waals surface area contributed by atoms with Crippen LogP contribution in [0.25, 0.3) is 11.0 Å². The number of anilines is 1. The van der Waals surface area contributed by atoms with E-state index < -0.39 is 0 Å². The zero-order chi connectivity index (χ0) is 19.3. The molecule has 0 aliphatic carbocycles. The second-order valence-electron chi connectivity index (χ2n) is 7.32. The molecule has 1 aliphatic heterocycles. The van der Waals surface area contributed by atoms with Crippen LogP contribution in [0.15, 0.2) is 53.1 Å². The predicted molar refractivity (Wildman–Crippen MR) is 112 cm³/mol. The SMILES string of the molecule is CCCCc1oc2ccccc2c1C(=O)N1CCCN(c2ccccn2)CC1. The Bertz CT molecular complexity index is 935. The molecule has 0 unspecified atom stereocenters. The lowest BCUT2D eigenvalue weighted by Gasteiger charge is -2.23. The Balaban J connectivity index is 1.57. The first kappa shape index (κ1) is 18.5. The van der Waals surface area contributed by atoms with Gasteiger partial charge in [-0.15, -0.1) is 0 Å². The number of fused-ring (bicyclic) bond motifs is 1. The third kappa shape index (κ3) is 3.75. The number of rotatable bonds is 5. The molecule has 0 radical (unpaired) electrons. The highest BCUT2D eigenvalue weighted by atomic mass is 16.3. The summed E-state index contributed by atoms with van der Waals surface area (Å²) in [6.07, 6.45) is 5.66. The van der Waals surface area contributed by atoms with E-state index in [0.717, 1.165) is 73.4 Å². The van der Waals surface area contributed by atoms with Crippen molar-refractivity contribution < 1.29 is 9.21 Å². The lowest BCUT2D eigenvalue weighted by molar-refractivity contribution is 0.0766. The minimum atomic E-state index is 0.0962. The van der Waals surface area contributed by atoms with E-state index in [9.17, 15) is 4.79 Å². The van der Waals surface area contributed by atoms with Gasteiger partial charge in [-0.3, -0.25) is 4.79 Å². The number of pyridine rings is 1. The Morgan fingerprint density at radius 3 is 2.75 bits per heavy atom. The van der Waals surface area contributed by atoms with Gasteiger partial charge < -0.3 is 14.2 Å². The van der Waals surface area contributed by atoms with Crippen LogP contribution in [0.4, 0.5) is 5.82 Å². The quantitative estimate of drug-likeness (QED) is 0.656. The van der Waals surface area contributed by atoms with Gasteiger partial charge in [-0.25, -0.2) is 4.98 Å². The number of nitrogens with zero attached hydrogens (tertiary/aromatic N) is 3. The Morgan fingerprint density at radius 1 is 1.07 bits per heavy atom. The fourth-order valence-electron chi connectivity index (χ4n) is 3.89. The lowest BCUT2D eigenvalue weighted by Crippen LogP contribution is -2.35. The van der Waals surface area contributed by atoms with Crippen molar-refractivity contribution in [1.29, 1.82) is 0 Å². The van der Waals surface area contributed by atoms with Crippen molar-refractivity contribution in [1.82, 2.24) is 9.88 Å². The van der Waals surface area contributed by atoms with Crippen molar-refractivity contribution in [3.8, 4) is 0 Å². The summed E-state index contributed by atoms with van der Waals surface area (Å²) in [5.74, 6) is 1.91. The number of para-hydroxylation sites is 1. The summed E-state index contributed by atoms with van der Waals surface area (Å²) in [5.41, 5.74) is 1.57. The highest BCUT2D eigenvalue weighted by Gasteiger charge is 2.26. The molecule has 0 spiro atoms. The van der Waals surface area contributed by atoms with Gasteiger partial charge in [0.15, 0.2) is 0 Å². The Labute approximate surface area is 166 Å². The molecule has 4 rings (SSSR count). The fourth-order valence-corrected chi connectivity index (χ4v) is 3.89. The van der Waals surface area contributed by atoms with Crippen LogP contribution in [-0.4, -0.2) is 42.0 Å². The number of amides is 1. The molecule has 1 aromatic carbocycles. The Morgan fingerprint density at radius 2 is 1.93 bits per heavy atom. The number of unbranched alkanes of at least 4 members (excludes halogenated alkanes) is 1. The second kappa shape index (κ2) is 8.46. The number of carbonyl (C=O) groups is 1. The molecule has 28 heavy (non-hydrogen) atoms. The maximum absolute atomic E-state index is 13.5. The van der Waals surface area contributed by atoms with Crippen molar-refractivity contribution in [2.75, 3.05) is 31.1 Å². The fraction of sp³-hybridized carbons (Fsp3) is 0.391. The molecule has 5 nitrogen and oxygen atoms in total. The summed E-state index contributed by atoms with van der Waals surface area (Å²) in [7, 11) is 0. The molecular formula is C23H27N3O2. The van der Waals surface area contributed by atoms with Crippen LogP contribution in [-0.2, 0) is 6.42 Å². The number of hydrogen-bond donors (Lipinski definition) is 0. The lowest BCUT2D eigenvalue weighted by atomic mass is 10.1. The highest BCUT2D eigenvalue weighted by molar-refractivity contribution is 6.07. The topological polar surface area (TPSA) is 49.6 Å². The first-order valence-electron chi connectivity index (χ1n) is 10.2. The molecule has 3 heterocycles. The number of aryl methyl sites for hydroxylation is 1. The van der Waals surface area contributed by atoms with Crippen molar-refractivity contribution in [3.63, 3.8) is 0 Å². The molecule has 1 aliphatic rings. The molecule has 1 amide bonds. The van der Waals surface area contributed by atoms with Crippen molar-refractivity contribution in [2.45, 2.75) is 32.6 Å². The van der Waals surface area contributed by atoms with E-state index >= 15 is 0 Å². The number of carbonyl (C=O) groups excluding carboxylic acids is 1. The molecule has 0 bridgehead atoms. The van der Waals surface area contributed by atoms with E-state index in [1.54, 1.807) is 0 Å². The maximum Gasteiger partial charge on any atom is 0.258 e. The van der Waals surface area contributed by atoms with Gasteiger partial charge in [0, 0.05) is 44.2 Å². The van der Waals surface area contributed by atoms with Crippen LogP contribution in [0.2, 0.25) is 0 Å². The van der Waals surface area contributed by atoms with Gasteiger partial charge in [0.2, 0.25) is 0 Å². The van der Waals surface area contributed by atoms with Crippen LogP contribution in [0.5, 0.6) is 0 Å². The predicted octanol–water partition coefficient (Wildman–Crippen LogP) is 4.52. The molecule has 1 saturated heterocycles. The van der Waals surface area contributed by atoms with E-state index in [4.69, 9.17) is 4.42 Å². The normalized spacial score (nSPS) is 15.0. The molecular weight excluding hydrogens is 350 g/mol. The van der Waals surface area contributed by atoms with Crippen molar-refractivity contribution in [3.05, 3.63) is 60.0 Å². The number of furan rings is 1. The monoisotopic (exact) mass is 377 g/mol. The van der Waals surface area contributed by atoms with Gasteiger partial charge >= 0.3 is 0 Å². The first-order chi connectivity index (χ1) is 13.8. The van der Waals surface area contributed by atoms with Crippen LogP contribution in [0.3, 0.4) is 0 Å². The Hall–Kier alpha value is -2.82. The molecule has 146 valence electrons. The van der Waals surface area contributed by atoms with Crippen molar-refractivity contribution in [2.24, 2.45) is 0 Å². The van der Waals surface area contributed by atoms with E-state index in [1.807, 2.05) is 53.6 Å². The third-order valence-electron chi connectivity index (χ3n) is 5.40. The van der Waals surface area contributed by atoms with Gasteiger partial charge in [-0.05, 0) is 31.0 Å². The summed E-state index contributed by atoms with van der Waals surface area (Å²) in [6, 6.07) is 13.9. The summed E-state index contributed by atoms with van der Waals surface area (Å²) in [5, 5.41) is 0.935. The molecule has 1 fully saturated rings. The van der Waals surface area contributed by atoms with Crippen LogP contribution in [0, 0.1) is 0 Å². The van der Waals surface area contributed by atoms with Crippen LogP contribution in [0.1, 0.15) is 42.3 Å². The molecule has 5 heteroatoms. The zero-order valence-electron chi connectivity index (χ0n) is 16.4. The van der Waals surface area contributed by atoms with Crippen LogP contribution >= 0.6 is 0 Å². The minimum absolute atomic E-state index is 0.0962. The number of hydrogen-bond acceptors (Lipinski definition) is 4. The Kier molecular flexibility index (Phi) is 5.60. The molecule has 0 saturated carbocycles. The molecule has 2 aromatic heterocycles. The number of benzene rings is 1. The average Bonchev–Trinajstić information content (AvgIpc) is 2.92. The van der Waals surface area contributed by atoms with Gasteiger partial charge in [-0.2, -0.15) is 0 Å². The van der Waals surface area contributed by atoms with Crippen molar-refractivity contribution >= 4 is 22.7 Å². The average molecular weight is 377 g/mol. The smallest absolute Gasteiger partial charge is 0.258 e. The highest BCUT2D eigenvalue weighted by Crippen LogP contribution is 2.29. The summed E-state index contributed by atoms with van der Waals surface area (Å²) >= 11 is 0. The standard InChI is InChI=1S/C23H27N3O2/c1-2-3-10-20-22(18-9-4-5-11-19(18)28-20)23(27)26-15-8-14-25(16-17-26)21-12-6-7-13-24-21/h4-7,9,11-13H,2-3,8,10,14-17H2,1H3. The first-order valence-corrected chi connectivity index (χ1v) is 10.2. The van der Waals surface area contributed by atoms with E-state index in [1.165, 1.54) is 0 Å². The van der Waals surface area contributed by atoms with Gasteiger partial charge in [-0.1, -0.05) is 37.6 Å². The van der Waals surface area contributed by atoms with Gasteiger partial charge in [0.25, 0.3) is 5.91 Å². The molecule has 0 atom stereocenters.